The Morgan fingerprint density at radius 3 is 2.80 bits per heavy atom. The van der Waals surface area contributed by atoms with E-state index in [1.165, 1.54) is 30.5 Å². The summed E-state index contributed by atoms with van der Waals surface area (Å²) in [6.07, 6.45) is 8.22. The Morgan fingerprint density at radius 1 is 1.25 bits per heavy atom. The van der Waals surface area contributed by atoms with Crippen LogP contribution in [0.1, 0.15) is 48.9 Å². The summed E-state index contributed by atoms with van der Waals surface area (Å²) in [5.74, 6) is 0.819. The van der Waals surface area contributed by atoms with Gasteiger partial charge in [-0.2, -0.15) is 5.26 Å². The van der Waals surface area contributed by atoms with Crippen molar-refractivity contribution in [3.8, 4) is 6.07 Å². The molecule has 2 bridgehead atoms. The summed E-state index contributed by atoms with van der Waals surface area (Å²) in [6, 6.07) is 6.14. The first-order valence-electron chi connectivity index (χ1n) is 7.77. The second-order valence-electron chi connectivity index (χ2n) is 6.41. The summed E-state index contributed by atoms with van der Waals surface area (Å²) < 4.78 is 0. The molecular weight excluding hydrogens is 248 g/mol. The molecule has 2 unspecified atom stereocenters. The molecular formula is C16H20N4. The molecule has 3 heterocycles. The van der Waals surface area contributed by atoms with Crippen LogP contribution >= 0.6 is 0 Å². The zero-order valence-corrected chi connectivity index (χ0v) is 11.7. The van der Waals surface area contributed by atoms with Crippen molar-refractivity contribution in [2.45, 2.75) is 63.1 Å². The Labute approximate surface area is 119 Å². The molecule has 0 radical (unpaired) electrons. The molecule has 4 rings (SSSR count). The van der Waals surface area contributed by atoms with Crippen LogP contribution in [0.25, 0.3) is 0 Å². The fraction of sp³-hybridized carbons (Fsp3) is 0.625. The normalized spacial score (nSPS) is 30.9. The molecule has 2 saturated heterocycles. The number of hydrogen-bond acceptors (Lipinski definition) is 4. The topological polar surface area (TPSA) is 60.7 Å². The first-order valence-corrected chi connectivity index (χ1v) is 7.77. The predicted octanol–water partition coefficient (Wildman–Crippen LogP) is 2.14. The number of anilines is 1. The van der Waals surface area contributed by atoms with Crippen LogP contribution in [-0.4, -0.2) is 23.1 Å². The van der Waals surface area contributed by atoms with Gasteiger partial charge in [0.1, 0.15) is 11.9 Å². The van der Waals surface area contributed by atoms with Crippen molar-refractivity contribution in [3.05, 3.63) is 22.9 Å². The summed E-state index contributed by atoms with van der Waals surface area (Å²) in [4.78, 5) is 4.73. The Bertz CT molecular complexity index is 563. The molecule has 4 nitrogen and oxygen atoms in total. The van der Waals surface area contributed by atoms with E-state index in [1.54, 1.807) is 0 Å². The van der Waals surface area contributed by atoms with Gasteiger partial charge in [-0.25, -0.2) is 4.98 Å². The first kappa shape index (κ1) is 12.2. The van der Waals surface area contributed by atoms with Crippen LogP contribution < -0.4 is 10.6 Å². The van der Waals surface area contributed by atoms with E-state index < -0.39 is 0 Å². The van der Waals surface area contributed by atoms with Crippen LogP contribution in [0, 0.1) is 11.3 Å². The molecule has 1 aliphatic carbocycles. The lowest BCUT2D eigenvalue weighted by molar-refractivity contribution is 0.377. The SMILES string of the molecule is N#Cc1cc2c(nc1NC1CC3CCC(C1)N3)CCC2. The van der Waals surface area contributed by atoms with E-state index in [0.29, 0.717) is 18.1 Å². The van der Waals surface area contributed by atoms with Crippen molar-refractivity contribution in [3.63, 3.8) is 0 Å². The van der Waals surface area contributed by atoms with Gasteiger partial charge in [-0.1, -0.05) is 0 Å². The molecule has 20 heavy (non-hydrogen) atoms. The second kappa shape index (κ2) is 4.75. The Hall–Kier alpha value is -1.60. The summed E-state index contributed by atoms with van der Waals surface area (Å²) in [5.41, 5.74) is 3.19. The lowest BCUT2D eigenvalue weighted by Gasteiger charge is -2.30. The van der Waals surface area contributed by atoms with Gasteiger partial charge in [0, 0.05) is 23.8 Å². The maximum absolute atomic E-state index is 9.35. The van der Waals surface area contributed by atoms with Gasteiger partial charge in [0.25, 0.3) is 0 Å². The lowest BCUT2D eigenvalue weighted by Crippen LogP contribution is -2.43. The fourth-order valence-electron chi connectivity index (χ4n) is 4.04. The van der Waals surface area contributed by atoms with E-state index in [4.69, 9.17) is 4.98 Å². The smallest absolute Gasteiger partial charge is 0.144 e. The van der Waals surface area contributed by atoms with E-state index in [1.807, 2.05) is 6.07 Å². The average molecular weight is 268 g/mol. The van der Waals surface area contributed by atoms with Gasteiger partial charge in [-0.3, -0.25) is 0 Å². The predicted molar refractivity (Wildman–Crippen MR) is 77.6 cm³/mol. The Morgan fingerprint density at radius 2 is 2.05 bits per heavy atom. The molecule has 2 N–H and O–H groups in total. The van der Waals surface area contributed by atoms with Gasteiger partial charge in [0.2, 0.25) is 0 Å². The molecule has 0 saturated carbocycles. The van der Waals surface area contributed by atoms with Crippen molar-refractivity contribution in [2.24, 2.45) is 0 Å². The number of rotatable bonds is 2. The monoisotopic (exact) mass is 268 g/mol. The number of nitrogens with zero attached hydrogens (tertiary/aromatic N) is 2. The van der Waals surface area contributed by atoms with Crippen molar-refractivity contribution in [1.82, 2.24) is 10.3 Å². The molecule has 1 aromatic heterocycles. The quantitative estimate of drug-likeness (QED) is 0.862. The number of pyridine rings is 1. The Balaban J connectivity index is 1.58. The number of aryl methyl sites for hydroxylation is 2. The van der Waals surface area contributed by atoms with Crippen molar-refractivity contribution in [2.75, 3.05) is 5.32 Å². The van der Waals surface area contributed by atoms with Crippen molar-refractivity contribution in [1.29, 1.82) is 5.26 Å². The van der Waals surface area contributed by atoms with Gasteiger partial charge in [0.05, 0.1) is 5.56 Å². The molecule has 2 aliphatic heterocycles. The van der Waals surface area contributed by atoms with Crippen LogP contribution in [0.4, 0.5) is 5.82 Å². The van der Waals surface area contributed by atoms with Crippen molar-refractivity contribution >= 4 is 5.82 Å². The third kappa shape index (κ3) is 2.06. The number of piperidine rings is 1. The van der Waals surface area contributed by atoms with E-state index in [0.717, 1.165) is 37.1 Å². The summed E-state index contributed by atoms with van der Waals surface area (Å²) >= 11 is 0. The van der Waals surface area contributed by atoms with E-state index in [-0.39, 0.29) is 0 Å². The number of nitrogens with one attached hydrogen (secondary N) is 2. The van der Waals surface area contributed by atoms with Crippen LogP contribution in [0.15, 0.2) is 6.07 Å². The van der Waals surface area contributed by atoms with Gasteiger partial charge in [-0.05, 0) is 56.6 Å². The van der Waals surface area contributed by atoms with E-state index in [9.17, 15) is 5.26 Å². The number of aromatic nitrogens is 1. The highest BCUT2D eigenvalue weighted by Gasteiger charge is 2.33. The largest absolute Gasteiger partial charge is 0.366 e. The highest BCUT2D eigenvalue weighted by atomic mass is 15.1. The van der Waals surface area contributed by atoms with Gasteiger partial charge < -0.3 is 10.6 Å². The molecule has 3 aliphatic rings. The van der Waals surface area contributed by atoms with Gasteiger partial charge in [0.15, 0.2) is 0 Å². The maximum Gasteiger partial charge on any atom is 0.144 e. The minimum absolute atomic E-state index is 0.466. The summed E-state index contributed by atoms with van der Waals surface area (Å²) in [5, 5.41) is 16.6. The second-order valence-corrected chi connectivity index (χ2v) is 6.41. The molecule has 2 atom stereocenters. The number of fused-ring (bicyclic) bond motifs is 3. The van der Waals surface area contributed by atoms with E-state index in [2.05, 4.69) is 16.7 Å². The zero-order chi connectivity index (χ0) is 13.5. The average Bonchev–Trinajstić information content (AvgIpc) is 3.04. The number of nitriles is 1. The molecule has 0 spiro atoms. The molecule has 0 amide bonds. The highest BCUT2D eigenvalue weighted by Crippen LogP contribution is 2.30. The van der Waals surface area contributed by atoms with Gasteiger partial charge >= 0.3 is 0 Å². The van der Waals surface area contributed by atoms with Crippen LogP contribution in [-0.2, 0) is 12.8 Å². The fourth-order valence-corrected chi connectivity index (χ4v) is 4.04. The van der Waals surface area contributed by atoms with Crippen LogP contribution in [0.3, 0.4) is 0 Å². The first-order chi connectivity index (χ1) is 9.81. The summed E-state index contributed by atoms with van der Waals surface area (Å²) in [6.45, 7) is 0. The molecule has 1 aromatic rings. The standard InChI is InChI=1S/C16H20N4/c17-9-11-6-10-2-1-3-15(10)20-16(11)19-14-7-12-4-5-13(8-14)18-12/h6,12-14,18H,1-5,7-8H2,(H,19,20). The van der Waals surface area contributed by atoms with Crippen LogP contribution in [0.5, 0.6) is 0 Å². The minimum atomic E-state index is 0.466. The third-order valence-electron chi connectivity index (χ3n) is 4.99. The van der Waals surface area contributed by atoms with E-state index >= 15 is 0 Å². The molecule has 2 fully saturated rings. The number of hydrogen-bond donors (Lipinski definition) is 2. The zero-order valence-electron chi connectivity index (χ0n) is 11.7. The lowest BCUT2D eigenvalue weighted by atomic mass is 9.99. The van der Waals surface area contributed by atoms with Crippen molar-refractivity contribution < 1.29 is 0 Å². The van der Waals surface area contributed by atoms with Gasteiger partial charge in [-0.15, -0.1) is 0 Å². The Kier molecular flexibility index (Phi) is 2.89. The molecule has 4 heteroatoms. The summed E-state index contributed by atoms with van der Waals surface area (Å²) in [7, 11) is 0. The minimum Gasteiger partial charge on any atom is -0.366 e. The third-order valence-corrected chi connectivity index (χ3v) is 4.99. The van der Waals surface area contributed by atoms with Crippen LogP contribution in [0.2, 0.25) is 0 Å². The maximum atomic E-state index is 9.35. The molecule has 0 aromatic carbocycles. The molecule has 104 valence electrons. The highest BCUT2D eigenvalue weighted by molar-refractivity contribution is 5.55.